The van der Waals surface area contributed by atoms with Gasteiger partial charge in [-0.1, -0.05) is 92.2 Å². The first-order chi connectivity index (χ1) is 41.8. The number of aromatic amines is 1. The molecule has 1 N–H and O–H groups in total. The van der Waals surface area contributed by atoms with E-state index in [9.17, 15) is 0 Å². The largest absolute Gasteiger partial charge is 0.250 e. The monoisotopic (exact) mass is 1210 g/mol. The van der Waals surface area contributed by atoms with Crippen LogP contribution in [-0.2, 0) is 104 Å². The third kappa shape index (κ3) is 46.1. The molecule has 0 bridgehead atoms. The molecule has 0 aliphatic carbocycles. The smallest absolute Gasteiger partial charge is 0.243 e. The maximum absolute atomic E-state index is 2.89. The summed E-state index contributed by atoms with van der Waals surface area (Å²) in [6.07, 6.45) is 68.7. The second-order valence-electron chi connectivity index (χ2n) is 22.3. The highest BCUT2D eigenvalue weighted by Gasteiger charge is 2.00. The molecule has 0 saturated carbocycles. The second kappa shape index (κ2) is 52.0. The molecule has 0 amide bonds. The number of unbranched alkanes of at least 4 members (excludes halogenated alkanes) is 8. The first-order valence-corrected chi connectivity index (χ1v) is 31.5. The van der Waals surface area contributed by atoms with E-state index >= 15 is 0 Å². The highest BCUT2D eigenvalue weighted by molar-refractivity contribution is 5.03. The summed E-state index contributed by atoms with van der Waals surface area (Å²) >= 11 is 0. The number of aromatic nitrogens is 16. The van der Waals surface area contributed by atoms with Gasteiger partial charge in [-0.05, 0) is 31.9 Å². The van der Waals surface area contributed by atoms with Gasteiger partial charge in [-0.25, -0.2) is 68.5 Å². The zero-order valence-electron chi connectivity index (χ0n) is 57.3. The fourth-order valence-corrected chi connectivity index (χ4v) is 7.97. The average molecular weight is 1210 g/mol. The van der Waals surface area contributed by atoms with Crippen LogP contribution in [0.15, 0.2) is 223 Å². The van der Waals surface area contributed by atoms with Crippen molar-refractivity contribution in [3.63, 3.8) is 0 Å². The van der Waals surface area contributed by atoms with Crippen molar-refractivity contribution in [3.8, 4) is 0 Å². The van der Waals surface area contributed by atoms with Crippen molar-refractivity contribution >= 4 is 0 Å². The maximum Gasteiger partial charge on any atom is 0.243 e. The number of rotatable bonds is 16. The van der Waals surface area contributed by atoms with Gasteiger partial charge < -0.3 is 0 Å². The molecule has 10 aromatic rings. The van der Waals surface area contributed by atoms with Crippen LogP contribution in [0.25, 0.3) is 0 Å². The van der Waals surface area contributed by atoms with Gasteiger partial charge in [-0.15, -0.1) is 0 Å². The molecule has 0 radical (unpaired) electrons. The van der Waals surface area contributed by atoms with Gasteiger partial charge in [0.2, 0.25) is 38.0 Å². The molecule has 0 aliphatic rings. The van der Waals surface area contributed by atoms with Gasteiger partial charge in [-0.2, -0.15) is 0 Å². The van der Waals surface area contributed by atoms with E-state index in [0.29, 0.717) is 0 Å². The standard InChI is InChI=1S/C13H22N.2C10H16N.C9H14N.5C5H9N2.C4H6N2.CH4/c1-2-3-4-5-6-8-11-14-12-9-7-10-13-14;1-3-4-7-11-8-5-10(2)6-9-11;1-3-4-7-11-8-5-6-10(2)9-11;1-2-3-7-10-8-5-4-6-9-10;5*1-6-3-4-7(2)5-6;1-6-3-2-5-4-6;/h7,9-10,12-13H,2-6,8,11H2,1H3;2*5-6,8-9H,3-4,7H2,1-2H3;4-6,8-9H,2-3,7H2,1H3;5*3-5H,1-2H3;2-4H,1H3;1H4/q9*+1;;/p+1. The van der Waals surface area contributed by atoms with E-state index in [0.717, 1.165) is 19.6 Å². The van der Waals surface area contributed by atoms with Crippen molar-refractivity contribution in [2.24, 2.45) is 77.5 Å². The Bertz CT molecular complexity index is 2770. The fraction of sp³-hybridized carbons (Fsp3) is 0.472. The molecule has 0 aromatic carbocycles. The van der Waals surface area contributed by atoms with Crippen molar-refractivity contribution < 1.29 is 45.7 Å². The molecule has 0 unspecified atom stereocenters. The van der Waals surface area contributed by atoms with Crippen LogP contribution in [0.4, 0.5) is 0 Å². The van der Waals surface area contributed by atoms with Crippen molar-refractivity contribution in [1.29, 1.82) is 0 Å². The van der Waals surface area contributed by atoms with E-state index < -0.39 is 0 Å². The lowest BCUT2D eigenvalue weighted by Gasteiger charge is -1.98. The summed E-state index contributed by atoms with van der Waals surface area (Å²) in [4.78, 5) is 2.89. The van der Waals surface area contributed by atoms with Crippen LogP contribution in [0.2, 0.25) is 0 Å². The lowest BCUT2D eigenvalue weighted by atomic mass is 10.1. The minimum atomic E-state index is 0. The Morgan fingerprint density at radius 3 is 0.909 bits per heavy atom. The molecule has 0 aliphatic heterocycles. The molecular formula is C72H124N16+10. The number of hydrogen-bond acceptors (Lipinski definition) is 0. The topological polar surface area (TPSA) is 79.2 Å². The molecule has 88 heavy (non-hydrogen) atoms. The number of H-pyrrole nitrogens is 1. The van der Waals surface area contributed by atoms with Gasteiger partial charge in [0.25, 0.3) is 0 Å². The third-order valence-electron chi connectivity index (χ3n) is 12.9. The summed E-state index contributed by atoms with van der Waals surface area (Å²) in [6.45, 7) is 17.8. The molecule has 16 heteroatoms. The molecule has 0 fully saturated rings. The van der Waals surface area contributed by atoms with Crippen LogP contribution in [-0.4, -0.2) is 27.8 Å². The number of aryl methyl sites for hydroxylation is 17. The molecule has 10 aromatic heterocycles. The first kappa shape index (κ1) is 79.9. The van der Waals surface area contributed by atoms with E-state index in [4.69, 9.17) is 0 Å². The minimum absolute atomic E-state index is 0. The van der Waals surface area contributed by atoms with Crippen LogP contribution in [0.1, 0.15) is 123 Å². The van der Waals surface area contributed by atoms with Crippen LogP contribution in [0, 0.1) is 13.8 Å². The van der Waals surface area contributed by atoms with E-state index in [2.05, 4.69) is 169 Å². The summed E-state index contributed by atoms with van der Waals surface area (Å²) in [5.41, 5.74) is 2.67. The van der Waals surface area contributed by atoms with E-state index in [1.165, 1.54) is 94.7 Å². The zero-order chi connectivity index (χ0) is 64.3. The van der Waals surface area contributed by atoms with Crippen molar-refractivity contribution in [2.75, 3.05) is 0 Å². The summed E-state index contributed by atoms with van der Waals surface area (Å²) < 4.78 is 30.9. The highest BCUT2D eigenvalue weighted by Crippen LogP contribution is 2.04. The summed E-state index contributed by atoms with van der Waals surface area (Å²) in [5, 5.41) is 0. The Morgan fingerprint density at radius 2 is 0.636 bits per heavy atom. The molecule has 0 spiro atoms. The molecular weight excluding hydrogens is 1090 g/mol. The molecule has 482 valence electrons. The van der Waals surface area contributed by atoms with E-state index in [1.807, 2.05) is 246 Å². The molecule has 10 rings (SSSR count). The number of imidazole rings is 6. The molecule has 16 nitrogen and oxygen atoms in total. The minimum Gasteiger partial charge on any atom is -0.250 e. The fourth-order valence-electron chi connectivity index (χ4n) is 7.97. The van der Waals surface area contributed by atoms with Gasteiger partial charge in [0.15, 0.2) is 49.6 Å². The van der Waals surface area contributed by atoms with Crippen molar-refractivity contribution in [1.82, 2.24) is 27.8 Å². The second-order valence-corrected chi connectivity index (χ2v) is 22.3. The first-order valence-electron chi connectivity index (χ1n) is 31.5. The lowest BCUT2D eigenvalue weighted by Crippen LogP contribution is -2.32. The van der Waals surface area contributed by atoms with E-state index in [-0.39, 0.29) is 7.43 Å². The van der Waals surface area contributed by atoms with Crippen molar-refractivity contribution in [3.05, 3.63) is 234 Å². The Kier molecular flexibility index (Phi) is 47.2. The number of nitrogens with one attached hydrogen (secondary N) is 1. The Hall–Kier alpha value is -8.14. The van der Waals surface area contributed by atoms with Gasteiger partial charge in [-0.3, -0.25) is 4.98 Å². The van der Waals surface area contributed by atoms with Gasteiger partial charge >= 0.3 is 0 Å². The maximum atomic E-state index is 2.89. The Morgan fingerprint density at radius 1 is 0.318 bits per heavy atom. The Labute approximate surface area is 534 Å². The van der Waals surface area contributed by atoms with Crippen LogP contribution in [0.5, 0.6) is 0 Å². The van der Waals surface area contributed by atoms with Crippen molar-refractivity contribution in [2.45, 2.75) is 152 Å². The average Bonchev–Trinajstić information content (AvgIpc) is 4.49. The Balaban J connectivity index is 0.000000964. The lowest BCUT2D eigenvalue weighted by molar-refractivity contribution is -0.697. The quantitative estimate of drug-likeness (QED) is 0.0742. The summed E-state index contributed by atoms with van der Waals surface area (Å²) in [5.74, 6) is 0. The predicted octanol–water partition coefficient (Wildman–Crippen LogP) is 9.00. The van der Waals surface area contributed by atoms with E-state index in [1.54, 1.807) is 0 Å². The predicted molar refractivity (Wildman–Crippen MR) is 356 cm³/mol. The number of nitrogens with zero attached hydrogens (tertiary/aromatic N) is 15. The van der Waals surface area contributed by atoms with Gasteiger partial charge in [0, 0.05) is 73.7 Å². The number of hydrogen-bond donors (Lipinski definition) is 1. The normalized spacial score (nSPS) is 9.60. The van der Waals surface area contributed by atoms with Gasteiger partial charge in [0.05, 0.1) is 77.5 Å². The van der Waals surface area contributed by atoms with Crippen LogP contribution < -0.4 is 45.7 Å². The third-order valence-corrected chi connectivity index (χ3v) is 12.9. The molecule has 10 heterocycles. The molecule has 0 saturated heterocycles. The summed E-state index contributed by atoms with van der Waals surface area (Å²) in [7, 11) is 22.0. The molecule has 0 atom stereocenters. The van der Waals surface area contributed by atoms with Crippen LogP contribution in [0.3, 0.4) is 0 Å². The number of pyridine rings is 4. The zero-order valence-corrected chi connectivity index (χ0v) is 57.3. The summed E-state index contributed by atoms with van der Waals surface area (Å²) in [6, 6.07) is 21.0. The SMILES string of the molecule is C.CCCCCCCC[n+]1ccccc1.CCCC[n+]1ccc(C)cc1.CCCC[n+]1cccc(C)c1.CCCC[n+]1ccccc1.C[n+]1cc[nH]c1.Cn1cc[n+](C)c1.Cn1cc[n+](C)c1.Cn1cc[n+](C)c1.Cn1cc[n+](C)c1.Cn1cc[n+](C)c1. The van der Waals surface area contributed by atoms with Gasteiger partial charge in [0.1, 0.15) is 101 Å². The highest BCUT2D eigenvalue weighted by atomic mass is 15.1. The van der Waals surface area contributed by atoms with Crippen LogP contribution >= 0.6 is 0 Å².